The zero-order chi connectivity index (χ0) is 25.5. The van der Waals surface area contributed by atoms with Gasteiger partial charge in [-0.1, -0.05) is 12.1 Å². The van der Waals surface area contributed by atoms with E-state index in [0.717, 1.165) is 0 Å². The monoisotopic (exact) mass is 491 g/mol. The molecule has 184 valence electrons. The maximum atomic E-state index is 13.6. The van der Waals surface area contributed by atoms with Gasteiger partial charge in [0.1, 0.15) is 5.75 Å². The van der Waals surface area contributed by atoms with Gasteiger partial charge in [0.25, 0.3) is 0 Å². The smallest absolute Gasteiger partial charge is 0.235 e. The third-order valence-electron chi connectivity index (χ3n) is 7.97. The molecule has 0 spiro atoms. The van der Waals surface area contributed by atoms with Gasteiger partial charge in [0.05, 0.1) is 11.5 Å². The Labute approximate surface area is 204 Å². The van der Waals surface area contributed by atoms with E-state index in [-0.39, 0.29) is 37.4 Å². The van der Waals surface area contributed by atoms with Crippen molar-refractivity contribution in [2.24, 2.45) is 29.4 Å². The number of aliphatic hydroxyl groups is 1. The van der Waals surface area contributed by atoms with Crippen molar-refractivity contribution >= 4 is 29.0 Å². The molecule has 2 saturated carbocycles. The molecule has 1 amide bonds. The third-order valence-corrected chi connectivity index (χ3v) is 7.97. The Bertz CT molecular complexity index is 1410. The normalized spacial score (nSPS) is 30.5. The zero-order valence-corrected chi connectivity index (χ0v) is 18.9. The number of rotatable bonds is 2. The number of ether oxygens (including phenoxy) is 2. The molecule has 4 N–H and O–H groups in total. The molecule has 0 radical (unpaired) electrons. The van der Waals surface area contributed by atoms with Crippen molar-refractivity contribution in [3.05, 3.63) is 41.5 Å². The highest BCUT2D eigenvalue weighted by Crippen LogP contribution is 2.51. The van der Waals surface area contributed by atoms with Gasteiger partial charge < -0.3 is 25.4 Å². The van der Waals surface area contributed by atoms with Gasteiger partial charge in [-0.3, -0.25) is 24.0 Å². The second kappa shape index (κ2) is 7.47. The number of carbonyl (C=O) groups excluding carboxylic acids is 5. The number of fused-ring (bicyclic) bond motifs is 4. The van der Waals surface area contributed by atoms with E-state index in [1.54, 1.807) is 24.3 Å². The van der Waals surface area contributed by atoms with E-state index in [4.69, 9.17) is 15.2 Å². The van der Waals surface area contributed by atoms with Crippen LogP contribution in [-0.2, 0) is 25.6 Å². The summed E-state index contributed by atoms with van der Waals surface area (Å²) in [5, 5.41) is 21.9. The number of phenolic OH excluding ortho intramolecular Hbond substituents is 1. The van der Waals surface area contributed by atoms with Crippen LogP contribution in [0.1, 0.15) is 28.8 Å². The average Bonchev–Trinajstić information content (AvgIpc) is 3.29. The van der Waals surface area contributed by atoms with Crippen molar-refractivity contribution in [1.29, 1.82) is 0 Å². The SMILES string of the molecule is NC(=O)C1C(=O)C[C@@H]2C[C@@H]3Cc4c(-c5ccc6c(c5)OCO6)ccc(O)c4C(=O)C3C(=O)[C@]2(O)C1=O. The Morgan fingerprint density at radius 3 is 2.50 bits per heavy atom. The summed E-state index contributed by atoms with van der Waals surface area (Å²) >= 11 is 0. The Balaban J connectivity index is 1.44. The van der Waals surface area contributed by atoms with Crippen LogP contribution in [0.25, 0.3) is 11.1 Å². The molecule has 36 heavy (non-hydrogen) atoms. The molecule has 4 aliphatic rings. The lowest BCUT2D eigenvalue weighted by Gasteiger charge is -2.48. The van der Waals surface area contributed by atoms with E-state index in [2.05, 4.69) is 0 Å². The van der Waals surface area contributed by atoms with E-state index in [1.807, 2.05) is 0 Å². The highest BCUT2D eigenvalue weighted by Gasteiger charge is 2.66. The van der Waals surface area contributed by atoms with E-state index < -0.39 is 58.3 Å². The predicted octanol–water partition coefficient (Wildman–Crippen LogP) is 0.723. The number of amides is 1. The third kappa shape index (κ3) is 2.84. The van der Waals surface area contributed by atoms with Crippen molar-refractivity contribution in [3.63, 3.8) is 0 Å². The van der Waals surface area contributed by atoms with Gasteiger partial charge in [-0.25, -0.2) is 0 Å². The van der Waals surface area contributed by atoms with Crippen LogP contribution in [0.4, 0.5) is 0 Å². The van der Waals surface area contributed by atoms with Crippen molar-refractivity contribution in [1.82, 2.24) is 0 Å². The van der Waals surface area contributed by atoms with Crippen LogP contribution >= 0.6 is 0 Å². The van der Waals surface area contributed by atoms with Crippen LogP contribution in [0.5, 0.6) is 17.2 Å². The zero-order valence-electron chi connectivity index (χ0n) is 18.9. The number of benzene rings is 2. The first-order chi connectivity index (χ1) is 17.1. The molecule has 1 heterocycles. The summed E-state index contributed by atoms with van der Waals surface area (Å²) in [4.78, 5) is 64.4. The number of hydrogen-bond acceptors (Lipinski definition) is 9. The molecular formula is C26H21NO9. The van der Waals surface area contributed by atoms with Crippen molar-refractivity contribution < 1.29 is 43.7 Å². The fraction of sp³-hybridized carbons (Fsp3) is 0.346. The maximum Gasteiger partial charge on any atom is 0.235 e. The second-order valence-electron chi connectivity index (χ2n) is 9.79. The molecule has 5 atom stereocenters. The van der Waals surface area contributed by atoms with Gasteiger partial charge in [0.2, 0.25) is 12.7 Å². The quantitative estimate of drug-likeness (QED) is 0.512. The molecular weight excluding hydrogens is 470 g/mol. The highest BCUT2D eigenvalue weighted by atomic mass is 16.7. The second-order valence-corrected chi connectivity index (χ2v) is 9.79. The number of ketones is 4. The van der Waals surface area contributed by atoms with Crippen molar-refractivity contribution in [2.75, 3.05) is 6.79 Å². The largest absolute Gasteiger partial charge is 0.507 e. The number of nitrogens with two attached hydrogens (primary N) is 1. The number of hydrogen-bond donors (Lipinski definition) is 3. The minimum atomic E-state index is -2.66. The topological polar surface area (TPSA) is 170 Å². The number of carbonyl (C=O) groups is 5. The van der Waals surface area contributed by atoms with Gasteiger partial charge in [0.15, 0.2) is 46.2 Å². The molecule has 2 aromatic rings. The number of aromatic hydroxyl groups is 1. The van der Waals surface area contributed by atoms with Crippen LogP contribution in [-0.4, -0.2) is 51.6 Å². The van der Waals surface area contributed by atoms with E-state index in [9.17, 15) is 34.2 Å². The molecule has 0 saturated heterocycles. The summed E-state index contributed by atoms with van der Waals surface area (Å²) in [5.74, 6) is -9.20. The Morgan fingerprint density at radius 2 is 1.75 bits per heavy atom. The lowest BCUT2D eigenvalue weighted by Crippen LogP contribution is -2.68. The standard InChI is InChI=1S/C26H21NO9/c27-25(33)21-16(29)8-12-5-11-6-14-13(10-1-4-17-18(7-10)36-9-35-17)2-3-15(28)20(14)22(30)19(11)23(31)26(12,34)24(21)32/h1-4,7,11-12,19,21,28,34H,5-6,8-9H2,(H2,27,33)/t11-,12+,19?,21?,26+/m1/s1. The maximum absolute atomic E-state index is 13.6. The Hall–Kier alpha value is -4.05. The van der Waals surface area contributed by atoms with Gasteiger partial charge in [-0.15, -0.1) is 0 Å². The van der Waals surface area contributed by atoms with Crippen LogP contribution in [0, 0.1) is 23.7 Å². The number of primary amides is 1. The lowest BCUT2D eigenvalue weighted by atomic mass is 9.53. The molecule has 2 fully saturated rings. The van der Waals surface area contributed by atoms with E-state index >= 15 is 0 Å². The van der Waals surface area contributed by atoms with E-state index in [1.165, 1.54) is 6.07 Å². The lowest BCUT2D eigenvalue weighted by molar-refractivity contribution is -0.175. The molecule has 1 aliphatic heterocycles. The summed E-state index contributed by atoms with van der Waals surface area (Å²) in [7, 11) is 0. The van der Waals surface area contributed by atoms with Gasteiger partial charge in [-0.2, -0.15) is 0 Å². The van der Waals surface area contributed by atoms with Crippen LogP contribution in [0.15, 0.2) is 30.3 Å². The Morgan fingerprint density at radius 1 is 1.00 bits per heavy atom. The first-order valence-electron chi connectivity index (χ1n) is 11.5. The molecule has 2 aromatic carbocycles. The molecule has 2 unspecified atom stereocenters. The fourth-order valence-corrected chi connectivity index (χ4v) is 6.30. The van der Waals surface area contributed by atoms with Gasteiger partial charge in [-0.05, 0) is 53.6 Å². The summed E-state index contributed by atoms with van der Waals surface area (Å²) < 4.78 is 10.8. The fourth-order valence-electron chi connectivity index (χ4n) is 6.30. The van der Waals surface area contributed by atoms with E-state index in [0.29, 0.717) is 28.2 Å². The summed E-state index contributed by atoms with van der Waals surface area (Å²) in [6, 6.07) is 8.33. The molecule has 10 heteroatoms. The summed E-state index contributed by atoms with van der Waals surface area (Å²) in [5.41, 5.74) is 4.40. The summed E-state index contributed by atoms with van der Waals surface area (Å²) in [6.07, 6.45) is -0.137. The molecule has 3 aliphatic carbocycles. The first kappa shape index (κ1) is 22.4. The highest BCUT2D eigenvalue weighted by molar-refractivity contribution is 6.31. The predicted molar refractivity (Wildman–Crippen MR) is 120 cm³/mol. The van der Waals surface area contributed by atoms with Gasteiger partial charge in [0, 0.05) is 12.3 Å². The molecule has 0 aromatic heterocycles. The van der Waals surface area contributed by atoms with Crippen LogP contribution in [0.3, 0.4) is 0 Å². The summed E-state index contributed by atoms with van der Waals surface area (Å²) in [6.45, 7) is 0.0924. The minimum Gasteiger partial charge on any atom is -0.507 e. The van der Waals surface area contributed by atoms with Crippen LogP contribution in [0.2, 0.25) is 0 Å². The Kier molecular flexibility index (Phi) is 4.65. The molecule has 10 nitrogen and oxygen atoms in total. The van der Waals surface area contributed by atoms with Crippen LogP contribution < -0.4 is 15.2 Å². The number of phenols is 1. The van der Waals surface area contributed by atoms with Gasteiger partial charge >= 0.3 is 0 Å². The molecule has 0 bridgehead atoms. The minimum absolute atomic E-state index is 0.0390. The average molecular weight is 491 g/mol. The molecule has 6 rings (SSSR count). The van der Waals surface area contributed by atoms with Crippen molar-refractivity contribution in [3.8, 4) is 28.4 Å². The first-order valence-corrected chi connectivity index (χ1v) is 11.5. The number of Topliss-reactive ketones (excluding diaryl/α,β-unsaturated/α-hetero) is 4. The van der Waals surface area contributed by atoms with Crippen molar-refractivity contribution in [2.45, 2.75) is 24.9 Å².